The average molecular weight is 518 g/mol. The van der Waals surface area contributed by atoms with E-state index >= 15 is 0 Å². The molecule has 0 radical (unpaired) electrons. The Bertz CT molecular complexity index is 1120. The molecule has 0 bridgehead atoms. The number of terminal acetylenes is 1. The van der Waals surface area contributed by atoms with E-state index in [-0.39, 0.29) is 42.9 Å². The summed E-state index contributed by atoms with van der Waals surface area (Å²) in [6.07, 6.45) is 12.6. The molecule has 1 aliphatic rings. The maximum atomic E-state index is 13.9. The Hall–Kier alpha value is -3.26. The van der Waals surface area contributed by atoms with Gasteiger partial charge in [-0.2, -0.15) is 14.4 Å². The number of imidazole rings is 1. The number of hydrogen-bond donors (Lipinski definition) is 1. The van der Waals surface area contributed by atoms with E-state index in [9.17, 15) is 14.0 Å². The van der Waals surface area contributed by atoms with Gasteiger partial charge in [0.05, 0.1) is 6.33 Å². The highest BCUT2D eigenvalue weighted by molar-refractivity contribution is 5.81. The van der Waals surface area contributed by atoms with Crippen molar-refractivity contribution in [1.29, 1.82) is 0 Å². The van der Waals surface area contributed by atoms with Crippen LogP contribution < -0.4 is 5.73 Å². The Morgan fingerprint density at radius 1 is 1.16 bits per heavy atom. The number of nitrogen functional groups attached to an aromatic ring is 1. The minimum absolute atomic E-state index is 0.111. The fourth-order valence-electron chi connectivity index (χ4n) is 4.34. The molecular formula is C26H36FN5O5. The van der Waals surface area contributed by atoms with Crippen molar-refractivity contribution in [3.63, 3.8) is 0 Å². The molecule has 1 aliphatic heterocycles. The van der Waals surface area contributed by atoms with Gasteiger partial charge in [0, 0.05) is 19.3 Å². The van der Waals surface area contributed by atoms with Crippen molar-refractivity contribution >= 4 is 28.9 Å². The molecule has 202 valence electrons. The molecule has 10 nitrogen and oxygen atoms in total. The van der Waals surface area contributed by atoms with Gasteiger partial charge in [-0.3, -0.25) is 14.2 Å². The molecule has 3 atom stereocenters. The molecule has 3 unspecified atom stereocenters. The predicted octanol–water partition coefficient (Wildman–Crippen LogP) is 4.23. The van der Waals surface area contributed by atoms with Crippen molar-refractivity contribution in [2.45, 2.75) is 102 Å². The molecule has 3 rings (SSSR count). The summed E-state index contributed by atoms with van der Waals surface area (Å²) >= 11 is 0. The molecular weight excluding hydrogens is 481 g/mol. The zero-order valence-corrected chi connectivity index (χ0v) is 21.6. The molecule has 2 aromatic heterocycles. The summed E-state index contributed by atoms with van der Waals surface area (Å²) in [5.41, 5.74) is 4.56. The van der Waals surface area contributed by atoms with Gasteiger partial charge in [-0.25, -0.2) is 4.98 Å². The van der Waals surface area contributed by atoms with Gasteiger partial charge in [0.1, 0.15) is 18.9 Å². The van der Waals surface area contributed by atoms with Crippen molar-refractivity contribution in [2.75, 3.05) is 12.3 Å². The Morgan fingerprint density at radius 2 is 1.84 bits per heavy atom. The van der Waals surface area contributed by atoms with E-state index in [0.717, 1.165) is 38.5 Å². The maximum absolute atomic E-state index is 13.9. The lowest BCUT2D eigenvalue weighted by molar-refractivity contribution is -0.166. The van der Waals surface area contributed by atoms with Crippen molar-refractivity contribution in [3.05, 3.63) is 12.4 Å². The van der Waals surface area contributed by atoms with Gasteiger partial charge >= 0.3 is 18.0 Å². The second-order valence-electron chi connectivity index (χ2n) is 9.30. The number of hydrogen-bond acceptors (Lipinski definition) is 9. The summed E-state index contributed by atoms with van der Waals surface area (Å²) in [4.78, 5) is 36.5. The molecule has 0 amide bonds. The molecule has 11 heteroatoms. The summed E-state index contributed by atoms with van der Waals surface area (Å²) < 4.78 is 32.8. The van der Waals surface area contributed by atoms with Crippen LogP contribution in [0.4, 0.5) is 10.2 Å². The normalized spacial score (nSPS) is 21.1. The number of carbonyl (C=O) groups is 2. The topological polar surface area (TPSA) is 131 Å². The minimum Gasteiger partial charge on any atom is -0.461 e. The summed E-state index contributed by atoms with van der Waals surface area (Å²) in [5, 5.41) is 0. The van der Waals surface area contributed by atoms with E-state index in [0.29, 0.717) is 12.8 Å². The lowest BCUT2D eigenvalue weighted by Gasteiger charge is -2.28. The van der Waals surface area contributed by atoms with Crippen LogP contribution in [0.1, 0.15) is 90.7 Å². The number of nitrogens with zero attached hydrogens (tertiary/aromatic N) is 4. The van der Waals surface area contributed by atoms with Crippen LogP contribution in [0.25, 0.3) is 11.2 Å². The first-order chi connectivity index (χ1) is 17.8. The first-order valence-corrected chi connectivity index (χ1v) is 13.0. The highest BCUT2D eigenvalue weighted by atomic mass is 19.1. The minimum atomic E-state index is -1.53. The number of rotatable bonds is 14. The molecule has 0 spiro atoms. The van der Waals surface area contributed by atoms with E-state index in [1.807, 2.05) is 0 Å². The van der Waals surface area contributed by atoms with Crippen molar-refractivity contribution < 1.29 is 28.2 Å². The molecule has 2 N–H and O–H groups in total. The van der Waals surface area contributed by atoms with Crippen molar-refractivity contribution in [1.82, 2.24) is 19.5 Å². The standard InChI is InChI=1S/C26H36FN5O5/c1-4-7-9-11-13-20(33)35-16-26(6-3)18(36-21(34)14-12-10-8-5-2)15-19(37-26)32-17-29-22-23(28)30-25(27)31-24(22)32/h3,17-19H,4-5,7-16H2,1-2H3,(H2,28,30,31). The number of fused-ring (bicyclic) bond motifs is 1. The lowest BCUT2D eigenvalue weighted by atomic mass is 9.98. The first-order valence-electron chi connectivity index (χ1n) is 13.0. The van der Waals surface area contributed by atoms with Crippen LogP contribution in [0, 0.1) is 18.4 Å². The number of halogens is 1. The zero-order valence-electron chi connectivity index (χ0n) is 21.6. The number of ether oxygens (including phenoxy) is 3. The highest BCUT2D eigenvalue weighted by Crippen LogP contribution is 2.40. The third-order valence-corrected chi connectivity index (χ3v) is 6.45. The molecule has 1 saturated heterocycles. The second kappa shape index (κ2) is 13.3. The van der Waals surface area contributed by atoms with Crippen LogP contribution >= 0.6 is 0 Å². The van der Waals surface area contributed by atoms with Crippen LogP contribution in [0.3, 0.4) is 0 Å². The van der Waals surface area contributed by atoms with Crippen molar-refractivity contribution in [3.8, 4) is 12.3 Å². The molecule has 0 saturated carbocycles. The lowest BCUT2D eigenvalue weighted by Crippen LogP contribution is -2.45. The Kier molecular flexibility index (Phi) is 10.2. The largest absolute Gasteiger partial charge is 0.461 e. The third-order valence-electron chi connectivity index (χ3n) is 6.45. The maximum Gasteiger partial charge on any atom is 0.312 e. The van der Waals surface area contributed by atoms with E-state index in [1.54, 1.807) is 0 Å². The third kappa shape index (κ3) is 7.16. The van der Waals surface area contributed by atoms with Gasteiger partial charge in [0.2, 0.25) is 5.60 Å². The highest BCUT2D eigenvalue weighted by Gasteiger charge is 2.52. The predicted molar refractivity (Wildman–Crippen MR) is 134 cm³/mol. The average Bonchev–Trinajstić information content (AvgIpc) is 3.45. The van der Waals surface area contributed by atoms with E-state index < -0.39 is 35.9 Å². The van der Waals surface area contributed by atoms with Crippen LogP contribution in [0.5, 0.6) is 0 Å². The number of anilines is 1. The molecule has 0 aromatic carbocycles. The number of carbonyl (C=O) groups excluding carboxylic acids is 2. The fourth-order valence-corrected chi connectivity index (χ4v) is 4.34. The van der Waals surface area contributed by atoms with Gasteiger partial charge in [0.25, 0.3) is 0 Å². The van der Waals surface area contributed by atoms with Crippen LogP contribution in [0.15, 0.2) is 6.33 Å². The number of unbranched alkanes of at least 4 members (excludes halogenated alkanes) is 6. The summed E-state index contributed by atoms with van der Waals surface area (Å²) in [6.45, 7) is 3.88. The fraction of sp³-hybridized carbons (Fsp3) is 0.654. The Balaban J connectivity index is 1.78. The summed E-state index contributed by atoms with van der Waals surface area (Å²) in [7, 11) is 0. The number of aromatic nitrogens is 4. The first kappa shape index (κ1) is 28.3. The molecule has 1 fully saturated rings. The monoisotopic (exact) mass is 517 g/mol. The Labute approximate surface area is 216 Å². The molecule has 0 aliphatic carbocycles. The van der Waals surface area contributed by atoms with Crippen LogP contribution in [-0.2, 0) is 23.8 Å². The SMILES string of the molecule is C#CC1(COC(=O)CCCCCC)OC(n2cnc3c(N)nc(F)nc32)CC1OC(=O)CCCCCC. The smallest absolute Gasteiger partial charge is 0.312 e. The van der Waals surface area contributed by atoms with Crippen LogP contribution in [0.2, 0.25) is 0 Å². The van der Waals surface area contributed by atoms with Gasteiger partial charge < -0.3 is 19.9 Å². The van der Waals surface area contributed by atoms with Crippen LogP contribution in [-0.4, -0.2) is 49.8 Å². The number of esters is 2. The molecule has 3 heterocycles. The van der Waals surface area contributed by atoms with Crippen molar-refractivity contribution in [2.24, 2.45) is 0 Å². The second-order valence-corrected chi connectivity index (χ2v) is 9.30. The van der Waals surface area contributed by atoms with Gasteiger partial charge in [0.15, 0.2) is 17.0 Å². The molecule has 2 aromatic rings. The summed E-state index contributed by atoms with van der Waals surface area (Å²) in [6, 6.07) is 0. The quantitative estimate of drug-likeness (QED) is 0.169. The molecule has 37 heavy (non-hydrogen) atoms. The Morgan fingerprint density at radius 3 is 2.49 bits per heavy atom. The van der Waals surface area contributed by atoms with Gasteiger partial charge in [-0.15, -0.1) is 6.42 Å². The summed E-state index contributed by atoms with van der Waals surface area (Å²) in [5.74, 6) is 1.63. The zero-order chi connectivity index (χ0) is 26.8. The van der Waals surface area contributed by atoms with E-state index in [1.165, 1.54) is 10.9 Å². The van der Waals surface area contributed by atoms with E-state index in [4.69, 9.17) is 26.4 Å². The van der Waals surface area contributed by atoms with Gasteiger partial charge in [-0.1, -0.05) is 58.3 Å². The van der Waals surface area contributed by atoms with Gasteiger partial charge in [-0.05, 0) is 12.8 Å². The number of nitrogens with two attached hydrogens (primary N) is 1. The van der Waals surface area contributed by atoms with E-state index in [2.05, 4.69) is 34.7 Å².